The first-order valence-electron chi connectivity index (χ1n) is 11.4. The Morgan fingerprint density at radius 2 is 2.03 bits per heavy atom. The summed E-state index contributed by atoms with van der Waals surface area (Å²) in [6.45, 7) is -1.02. The number of rotatable bonds is 4. The van der Waals surface area contributed by atoms with Crippen molar-refractivity contribution < 1.29 is 31.6 Å². The first-order chi connectivity index (χ1) is 17.6. The number of hydrogen-bond acceptors (Lipinski definition) is 5. The van der Waals surface area contributed by atoms with E-state index in [1.54, 1.807) is 6.92 Å². The van der Waals surface area contributed by atoms with Crippen molar-refractivity contribution in [1.29, 1.82) is 0 Å². The molecule has 2 heterocycles. The molecule has 0 aliphatic rings. The minimum absolute atomic E-state index is 0.0272. The van der Waals surface area contributed by atoms with Crippen LogP contribution in [-0.4, -0.2) is 25.4 Å². The van der Waals surface area contributed by atoms with E-state index in [0.717, 1.165) is 0 Å². The molecule has 0 radical (unpaired) electrons. The Balaban J connectivity index is 1.68. The van der Waals surface area contributed by atoms with Gasteiger partial charge in [0, 0.05) is 15.4 Å². The van der Waals surface area contributed by atoms with E-state index in [0.29, 0.717) is 23.3 Å². The number of aliphatic hydroxyl groups excluding tert-OH is 1. The van der Waals surface area contributed by atoms with Gasteiger partial charge in [-0.25, -0.2) is 14.4 Å². The lowest BCUT2D eigenvalue weighted by atomic mass is 10.0. The van der Waals surface area contributed by atoms with Crippen LogP contribution in [0.4, 0.5) is 29.1 Å². The minimum atomic E-state index is -4.88. The van der Waals surface area contributed by atoms with Gasteiger partial charge < -0.3 is 16.2 Å². The second-order valence-corrected chi connectivity index (χ2v) is 8.01. The molecule has 0 aliphatic carbocycles. The van der Waals surface area contributed by atoms with E-state index in [4.69, 9.17) is 21.4 Å². The van der Waals surface area contributed by atoms with E-state index in [1.165, 1.54) is 28.8 Å². The number of carbonyl (C=O) groups is 1. The van der Waals surface area contributed by atoms with Crippen molar-refractivity contribution in [1.82, 2.24) is 14.4 Å². The van der Waals surface area contributed by atoms with Gasteiger partial charge in [-0.05, 0) is 55.2 Å². The summed E-state index contributed by atoms with van der Waals surface area (Å²) < 4.78 is 77.3. The summed E-state index contributed by atoms with van der Waals surface area (Å²) in [6.07, 6.45) is -5.78. The van der Waals surface area contributed by atoms with Gasteiger partial charge in [0.05, 0.1) is 11.8 Å². The van der Waals surface area contributed by atoms with Crippen LogP contribution in [0.3, 0.4) is 0 Å². The number of nitrogen functional groups attached to an aromatic ring is 1. The first-order valence-corrected chi connectivity index (χ1v) is 10.3. The summed E-state index contributed by atoms with van der Waals surface area (Å²) in [5, 5.41) is 12.6. The molecule has 4 rings (SSSR count). The van der Waals surface area contributed by atoms with Crippen molar-refractivity contribution in [3.63, 3.8) is 0 Å². The van der Waals surface area contributed by atoms with Crippen LogP contribution in [0.1, 0.15) is 32.7 Å². The molecule has 2 aromatic carbocycles. The van der Waals surface area contributed by atoms with Crippen LogP contribution < -0.4 is 11.1 Å². The van der Waals surface area contributed by atoms with Crippen molar-refractivity contribution in [3.05, 3.63) is 76.1 Å². The molecule has 7 nitrogen and oxygen atoms in total. The lowest BCUT2D eigenvalue weighted by Gasteiger charge is -2.15. The predicted octanol–water partition coefficient (Wildman–Crippen LogP) is 5.08. The Morgan fingerprint density at radius 3 is 2.69 bits per heavy atom. The van der Waals surface area contributed by atoms with Crippen molar-refractivity contribution in [2.45, 2.75) is 26.1 Å². The summed E-state index contributed by atoms with van der Waals surface area (Å²) in [5.41, 5.74) is 5.45. The average Bonchev–Trinajstić information content (AvgIpc) is 3.22. The van der Waals surface area contributed by atoms with Crippen LogP contribution in [0, 0.1) is 19.6 Å². The zero-order chi connectivity index (χ0) is 28.2. The maximum Gasteiger partial charge on any atom is 0.416 e. The molecule has 182 valence electrons. The SMILES string of the molecule is [2H]C([2H])([2H])c1nc(-c2ccc(NC(=O)[C@H](O)c3cc(F)cc(C(F)(F)F)c3)cc2C)c2c(N)ncc(Cl)n12. The summed E-state index contributed by atoms with van der Waals surface area (Å²) in [6, 6.07) is 5.71. The molecular formula is C23H18ClF4N5O2. The highest BCUT2D eigenvalue weighted by molar-refractivity contribution is 6.29. The van der Waals surface area contributed by atoms with Crippen LogP contribution in [0.5, 0.6) is 0 Å². The fourth-order valence-corrected chi connectivity index (χ4v) is 3.81. The zero-order valence-corrected chi connectivity index (χ0v) is 18.5. The van der Waals surface area contributed by atoms with Gasteiger partial charge in [0.25, 0.3) is 5.91 Å². The number of imidazole rings is 1. The first kappa shape index (κ1) is 20.7. The number of nitrogens with two attached hydrogens (primary N) is 1. The maximum absolute atomic E-state index is 13.7. The van der Waals surface area contributed by atoms with Crippen molar-refractivity contribution in [3.8, 4) is 11.3 Å². The molecule has 0 bridgehead atoms. The van der Waals surface area contributed by atoms with Crippen LogP contribution >= 0.6 is 11.6 Å². The van der Waals surface area contributed by atoms with Gasteiger partial charge in [-0.2, -0.15) is 13.2 Å². The molecule has 0 fully saturated rings. The molecule has 12 heteroatoms. The maximum atomic E-state index is 13.7. The largest absolute Gasteiger partial charge is 0.416 e. The highest BCUT2D eigenvalue weighted by Crippen LogP contribution is 2.34. The van der Waals surface area contributed by atoms with Gasteiger partial charge in [-0.3, -0.25) is 9.20 Å². The number of nitrogens with one attached hydrogen (secondary N) is 1. The third-order valence-corrected chi connectivity index (χ3v) is 5.47. The summed E-state index contributed by atoms with van der Waals surface area (Å²) >= 11 is 6.19. The number of nitrogens with zero attached hydrogens (tertiary/aromatic N) is 3. The van der Waals surface area contributed by atoms with E-state index >= 15 is 0 Å². The number of benzene rings is 2. The number of aromatic nitrogens is 3. The minimum Gasteiger partial charge on any atom is -0.382 e. The van der Waals surface area contributed by atoms with Gasteiger partial charge >= 0.3 is 6.18 Å². The van der Waals surface area contributed by atoms with Gasteiger partial charge in [0.1, 0.15) is 33.8 Å². The second-order valence-electron chi connectivity index (χ2n) is 7.63. The molecule has 4 aromatic rings. The fourth-order valence-electron chi connectivity index (χ4n) is 3.60. The lowest BCUT2D eigenvalue weighted by Crippen LogP contribution is -2.21. The molecule has 0 aliphatic heterocycles. The van der Waals surface area contributed by atoms with E-state index in [-0.39, 0.29) is 39.8 Å². The molecule has 2 aromatic heterocycles. The number of carbonyl (C=O) groups excluding carboxylic acids is 1. The molecular weight excluding hydrogens is 490 g/mol. The monoisotopic (exact) mass is 510 g/mol. The van der Waals surface area contributed by atoms with E-state index in [1.807, 2.05) is 0 Å². The van der Waals surface area contributed by atoms with E-state index < -0.39 is 42.0 Å². The molecule has 0 unspecified atom stereocenters. The zero-order valence-electron chi connectivity index (χ0n) is 20.8. The number of aliphatic hydroxyl groups is 1. The van der Waals surface area contributed by atoms with Gasteiger partial charge in [0.2, 0.25) is 0 Å². The van der Waals surface area contributed by atoms with E-state index in [2.05, 4.69) is 15.3 Å². The van der Waals surface area contributed by atoms with Crippen molar-refractivity contribution in [2.24, 2.45) is 0 Å². The number of hydrogen-bond donors (Lipinski definition) is 3. The average molecular weight is 511 g/mol. The van der Waals surface area contributed by atoms with E-state index in [9.17, 15) is 27.5 Å². The van der Waals surface area contributed by atoms with Gasteiger partial charge in [-0.15, -0.1) is 0 Å². The standard InChI is InChI=1S/C23H18ClF4N5O2/c1-10-5-15(32-22(35)20(34)12-6-13(23(26,27)28)8-14(25)7-12)3-4-16(10)18-19-21(29)30-9-17(24)33(19)11(2)31-18/h3-9,20,34H,1-2H3,(H2,29,30)(H,32,35)/t20-/m1/s1/i2D3. The highest BCUT2D eigenvalue weighted by Gasteiger charge is 2.32. The number of halogens is 5. The second kappa shape index (κ2) is 8.82. The normalized spacial score (nSPS) is 14.3. The molecule has 35 heavy (non-hydrogen) atoms. The molecule has 0 saturated carbocycles. The smallest absolute Gasteiger partial charge is 0.382 e. The topological polar surface area (TPSA) is 106 Å². The summed E-state index contributed by atoms with van der Waals surface area (Å²) in [4.78, 5) is 20.8. The Bertz CT molecular complexity index is 1570. The third-order valence-electron chi connectivity index (χ3n) is 5.20. The Morgan fingerprint density at radius 1 is 1.29 bits per heavy atom. The Hall–Kier alpha value is -3.70. The number of alkyl halides is 3. The predicted molar refractivity (Wildman–Crippen MR) is 122 cm³/mol. The van der Waals surface area contributed by atoms with Crippen LogP contribution in [0.15, 0.2) is 42.6 Å². The molecule has 4 N–H and O–H groups in total. The molecule has 1 atom stereocenters. The molecule has 0 saturated heterocycles. The van der Waals surface area contributed by atoms with Crippen molar-refractivity contribution in [2.75, 3.05) is 11.1 Å². The third kappa shape index (κ3) is 4.64. The van der Waals surface area contributed by atoms with Crippen molar-refractivity contribution >= 4 is 34.5 Å². The van der Waals surface area contributed by atoms with Crippen LogP contribution in [0.25, 0.3) is 16.8 Å². The number of anilines is 2. The number of aryl methyl sites for hydroxylation is 2. The molecule has 0 spiro atoms. The molecule has 1 amide bonds. The summed E-state index contributed by atoms with van der Waals surface area (Å²) in [7, 11) is 0. The van der Waals surface area contributed by atoms with Gasteiger partial charge in [0.15, 0.2) is 6.10 Å². The van der Waals surface area contributed by atoms with Crippen LogP contribution in [0.2, 0.25) is 5.15 Å². The number of fused-ring (bicyclic) bond motifs is 1. The highest BCUT2D eigenvalue weighted by atomic mass is 35.5. The summed E-state index contributed by atoms with van der Waals surface area (Å²) in [5.74, 6) is -2.73. The number of amides is 1. The van der Waals surface area contributed by atoms with Crippen LogP contribution in [-0.2, 0) is 11.0 Å². The quantitative estimate of drug-likeness (QED) is 0.332. The Kier molecular flexibility index (Phi) is 5.21. The van der Waals surface area contributed by atoms with Gasteiger partial charge in [-0.1, -0.05) is 17.7 Å². The lowest BCUT2D eigenvalue weighted by molar-refractivity contribution is -0.138. The fraction of sp³-hybridized carbons (Fsp3) is 0.174. The Labute approximate surface area is 205 Å².